The van der Waals surface area contributed by atoms with Crippen LogP contribution in [0.3, 0.4) is 0 Å². The van der Waals surface area contributed by atoms with Crippen LogP contribution in [0.25, 0.3) is 0 Å². The largest absolute Gasteiger partial charge is 0.336 e. The van der Waals surface area contributed by atoms with Gasteiger partial charge < -0.3 is 4.57 Å². The SMILES string of the molecule is Cn1cncc1Cn1cnc(Cl)c(Cl)c1=O. The van der Waals surface area contributed by atoms with Gasteiger partial charge in [-0.3, -0.25) is 9.36 Å². The number of nitrogens with zero attached hydrogens (tertiary/aromatic N) is 4. The van der Waals surface area contributed by atoms with E-state index in [2.05, 4.69) is 9.97 Å². The summed E-state index contributed by atoms with van der Waals surface area (Å²) in [5.74, 6) is 0. The van der Waals surface area contributed by atoms with E-state index in [1.54, 1.807) is 12.5 Å². The van der Waals surface area contributed by atoms with Crippen LogP contribution in [0.1, 0.15) is 5.69 Å². The van der Waals surface area contributed by atoms with E-state index in [0.29, 0.717) is 6.54 Å². The lowest BCUT2D eigenvalue weighted by atomic mass is 10.4. The molecule has 0 aromatic carbocycles. The number of imidazole rings is 1. The summed E-state index contributed by atoms with van der Waals surface area (Å²) in [6, 6.07) is 0. The van der Waals surface area contributed by atoms with Crippen LogP contribution in [0.2, 0.25) is 10.2 Å². The summed E-state index contributed by atoms with van der Waals surface area (Å²) >= 11 is 11.3. The Kier molecular flexibility index (Phi) is 2.98. The summed E-state index contributed by atoms with van der Waals surface area (Å²) in [5.41, 5.74) is 0.519. The average Bonchev–Trinajstić information content (AvgIpc) is 2.65. The van der Waals surface area contributed by atoms with E-state index in [9.17, 15) is 4.79 Å². The van der Waals surface area contributed by atoms with Gasteiger partial charge in [-0.05, 0) is 0 Å². The number of aryl methyl sites for hydroxylation is 1. The number of hydrogen-bond donors (Lipinski definition) is 0. The lowest BCUT2D eigenvalue weighted by Crippen LogP contribution is -2.22. The fourth-order valence-corrected chi connectivity index (χ4v) is 1.55. The Morgan fingerprint density at radius 2 is 2.12 bits per heavy atom. The van der Waals surface area contributed by atoms with E-state index in [-0.39, 0.29) is 15.7 Å². The van der Waals surface area contributed by atoms with E-state index in [0.717, 1.165) is 5.69 Å². The average molecular weight is 259 g/mol. The summed E-state index contributed by atoms with van der Waals surface area (Å²) in [7, 11) is 1.85. The molecule has 0 spiro atoms. The predicted molar refractivity (Wildman–Crippen MR) is 60.8 cm³/mol. The van der Waals surface area contributed by atoms with Gasteiger partial charge in [0.05, 0.1) is 24.9 Å². The van der Waals surface area contributed by atoms with E-state index in [1.165, 1.54) is 10.9 Å². The normalized spacial score (nSPS) is 10.7. The standard InChI is InChI=1S/C9H8Cl2N4O/c1-14-4-12-2-6(14)3-15-5-13-8(11)7(10)9(15)16/h2,4-5H,3H2,1H3. The zero-order valence-electron chi connectivity index (χ0n) is 8.39. The molecule has 2 rings (SSSR count). The Labute approximate surface area is 101 Å². The van der Waals surface area contributed by atoms with Crippen molar-refractivity contribution < 1.29 is 0 Å². The van der Waals surface area contributed by atoms with E-state index >= 15 is 0 Å². The monoisotopic (exact) mass is 258 g/mol. The molecule has 0 bridgehead atoms. The first-order chi connectivity index (χ1) is 7.59. The van der Waals surface area contributed by atoms with Gasteiger partial charge in [-0.1, -0.05) is 23.2 Å². The van der Waals surface area contributed by atoms with Crippen molar-refractivity contribution >= 4 is 23.2 Å². The fourth-order valence-electron chi connectivity index (χ4n) is 1.27. The van der Waals surface area contributed by atoms with Crippen molar-refractivity contribution in [2.24, 2.45) is 7.05 Å². The van der Waals surface area contributed by atoms with E-state index in [4.69, 9.17) is 23.2 Å². The minimum Gasteiger partial charge on any atom is -0.336 e. The zero-order valence-corrected chi connectivity index (χ0v) is 9.90. The Morgan fingerprint density at radius 1 is 1.38 bits per heavy atom. The molecule has 2 aromatic rings. The third-order valence-electron chi connectivity index (χ3n) is 2.19. The van der Waals surface area contributed by atoms with Crippen LogP contribution in [0.4, 0.5) is 0 Å². The Balaban J connectivity index is 2.40. The third-order valence-corrected chi connectivity index (χ3v) is 2.91. The van der Waals surface area contributed by atoms with Gasteiger partial charge in [-0.25, -0.2) is 9.97 Å². The Morgan fingerprint density at radius 3 is 2.75 bits per heavy atom. The maximum absolute atomic E-state index is 11.7. The van der Waals surface area contributed by atoms with Crippen LogP contribution in [0.15, 0.2) is 23.6 Å². The quantitative estimate of drug-likeness (QED) is 0.764. The first kappa shape index (κ1) is 11.2. The van der Waals surface area contributed by atoms with Crippen molar-refractivity contribution in [2.75, 3.05) is 0 Å². The molecule has 2 aromatic heterocycles. The maximum Gasteiger partial charge on any atom is 0.274 e. The molecule has 7 heteroatoms. The van der Waals surface area contributed by atoms with Crippen LogP contribution in [-0.4, -0.2) is 19.1 Å². The molecule has 0 saturated heterocycles. The van der Waals surface area contributed by atoms with Gasteiger partial charge in [0.2, 0.25) is 0 Å². The second-order valence-corrected chi connectivity index (χ2v) is 4.01. The molecule has 0 amide bonds. The molecule has 84 valence electrons. The number of aromatic nitrogens is 4. The molecule has 0 aliphatic carbocycles. The Hall–Kier alpha value is -1.33. The molecule has 0 aliphatic rings. The minimum atomic E-state index is -0.358. The molecule has 0 saturated carbocycles. The highest BCUT2D eigenvalue weighted by Gasteiger charge is 2.08. The van der Waals surface area contributed by atoms with Crippen LogP contribution < -0.4 is 5.56 Å². The third kappa shape index (κ3) is 1.96. The van der Waals surface area contributed by atoms with Gasteiger partial charge in [0.1, 0.15) is 5.02 Å². The van der Waals surface area contributed by atoms with Crippen LogP contribution in [0, 0.1) is 0 Å². The molecule has 16 heavy (non-hydrogen) atoms. The molecule has 0 atom stereocenters. The molecular formula is C9H8Cl2N4O. The van der Waals surface area contributed by atoms with Crippen molar-refractivity contribution in [1.29, 1.82) is 0 Å². The van der Waals surface area contributed by atoms with Gasteiger partial charge in [0.25, 0.3) is 5.56 Å². The highest BCUT2D eigenvalue weighted by molar-refractivity contribution is 6.40. The van der Waals surface area contributed by atoms with Crippen LogP contribution >= 0.6 is 23.2 Å². The smallest absolute Gasteiger partial charge is 0.274 e. The van der Waals surface area contributed by atoms with Crippen molar-refractivity contribution in [1.82, 2.24) is 19.1 Å². The van der Waals surface area contributed by atoms with Crippen LogP contribution in [-0.2, 0) is 13.6 Å². The number of halogens is 2. The highest BCUT2D eigenvalue weighted by atomic mass is 35.5. The minimum absolute atomic E-state index is 0.0212. The van der Waals surface area contributed by atoms with Crippen molar-refractivity contribution in [2.45, 2.75) is 6.54 Å². The summed E-state index contributed by atoms with van der Waals surface area (Å²) in [6.07, 6.45) is 4.70. The molecular weight excluding hydrogens is 251 g/mol. The second-order valence-electron chi connectivity index (χ2n) is 3.28. The first-order valence-corrected chi connectivity index (χ1v) is 5.21. The Bertz CT molecular complexity index is 575. The molecule has 0 aliphatic heterocycles. The van der Waals surface area contributed by atoms with Crippen LogP contribution in [0.5, 0.6) is 0 Å². The number of rotatable bonds is 2. The topological polar surface area (TPSA) is 52.7 Å². The van der Waals surface area contributed by atoms with Crippen molar-refractivity contribution in [3.05, 3.63) is 45.1 Å². The molecule has 0 radical (unpaired) electrons. The summed E-state index contributed by atoms with van der Waals surface area (Å²) in [5, 5.41) is -0.0424. The number of hydrogen-bond acceptors (Lipinski definition) is 3. The summed E-state index contributed by atoms with van der Waals surface area (Å²) in [4.78, 5) is 19.5. The molecule has 0 unspecified atom stereocenters. The van der Waals surface area contributed by atoms with Crippen molar-refractivity contribution in [3.63, 3.8) is 0 Å². The lowest BCUT2D eigenvalue weighted by molar-refractivity contribution is 0.686. The predicted octanol–water partition coefficient (Wildman–Crippen LogP) is 1.33. The summed E-state index contributed by atoms with van der Waals surface area (Å²) in [6.45, 7) is 0.360. The second kappa shape index (κ2) is 4.27. The summed E-state index contributed by atoms with van der Waals surface area (Å²) < 4.78 is 3.19. The molecule has 2 heterocycles. The zero-order chi connectivity index (χ0) is 11.7. The van der Waals surface area contributed by atoms with Gasteiger partial charge in [-0.15, -0.1) is 0 Å². The maximum atomic E-state index is 11.7. The van der Waals surface area contributed by atoms with Gasteiger partial charge >= 0.3 is 0 Å². The highest BCUT2D eigenvalue weighted by Crippen LogP contribution is 2.12. The lowest BCUT2D eigenvalue weighted by Gasteiger charge is -2.06. The fraction of sp³-hybridized carbons (Fsp3) is 0.222. The molecule has 0 fully saturated rings. The van der Waals surface area contributed by atoms with Gasteiger partial charge in [0.15, 0.2) is 5.15 Å². The van der Waals surface area contributed by atoms with Gasteiger partial charge in [-0.2, -0.15) is 0 Å². The van der Waals surface area contributed by atoms with Crippen molar-refractivity contribution in [3.8, 4) is 0 Å². The molecule has 5 nitrogen and oxygen atoms in total. The van der Waals surface area contributed by atoms with Gasteiger partial charge in [0, 0.05) is 13.2 Å². The van der Waals surface area contributed by atoms with E-state index < -0.39 is 0 Å². The van der Waals surface area contributed by atoms with E-state index in [1.807, 2.05) is 11.6 Å². The molecule has 0 N–H and O–H groups in total. The first-order valence-electron chi connectivity index (χ1n) is 4.45.